The van der Waals surface area contributed by atoms with Gasteiger partial charge in [-0.1, -0.05) is 70.4 Å². The Bertz CT molecular complexity index is 477. The first-order chi connectivity index (χ1) is 12.4. The zero-order valence-corrected chi connectivity index (χ0v) is 20.1. The molecule has 0 rings (SSSR count). The van der Waals surface area contributed by atoms with E-state index in [-0.39, 0.29) is 36.0 Å². The zero-order chi connectivity index (χ0) is 19.7. The molecule has 1 unspecified atom stereocenters. The second kappa shape index (κ2) is 19.4. The Morgan fingerprint density at radius 3 is 1.85 bits per heavy atom. The number of aliphatic carboxylic acids is 1. The van der Waals surface area contributed by atoms with E-state index < -0.39 is 27.8 Å². The molecular weight excluding hydrogens is 375 g/mol. The Morgan fingerprint density at radius 2 is 1.37 bits per heavy atom. The fourth-order valence-electron chi connectivity index (χ4n) is 2.96. The van der Waals surface area contributed by atoms with Crippen molar-refractivity contribution in [1.82, 2.24) is 0 Å². The Kier molecular flexibility index (Phi) is 21.1. The van der Waals surface area contributed by atoms with Gasteiger partial charge >= 0.3 is 29.6 Å². The van der Waals surface area contributed by atoms with Crippen LogP contribution in [0.3, 0.4) is 0 Å². The van der Waals surface area contributed by atoms with Gasteiger partial charge in [-0.3, -0.25) is 4.55 Å². The van der Waals surface area contributed by atoms with Crippen LogP contribution < -0.4 is 34.7 Å². The van der Waals surface area contributed by atoms with Crippen LogP contribution in [-0.4, -0.2) is 24.7 Å². The van der Waals surface area contributed by atoms with Crippen molar-refractivity contribution in [2.24, 2.45) is 5.92 Å². The van der Waals surface area contributed by atoms with E-state index in [9.17, 15) is 18.3 Å². The molecule has 0 aliphatic heterocycles. The van der Waals surface area contributed by atoms with E-state index in [1.165, 1.54) is 38.5 Å². The molecule has 0 aromatic rings. The molecule has 0 heterocycles. The maximum atomic E-state index is 11.0. The van der Waals surface area contributed by atoms with Gasteiger partial charge in [0.1, 0.15) is 0 Å². The number of carbonyl (C=O) groups is 1. The van der Waals surface area contributed by atoms with E-state index in [2.05, 4.69) is 19.1 Å². The molecule has 0 aromatic heterocycles. The van der Waals surface area contributed by atoms with Crippen molar-refractivity contribution in [2.45, 2.75) is 96.8 Å². The Balaban J connectivity index is 0. The summed E-state index contributed by atoms with van der Waals surface area (Å²) >= 11 is 0. The minimum atomic E-state index is -4.11. The van der Waals surface area contributed by atoms with Crippen molar-refractivity contribution in [1.29, 1.82) is 0 Å². The van der Waals surface area contributed by atoms with E-state index in [0.717, 1.165) is 38.5 Å². The van der Waals surface area contributed by atoms with E-state index in [0.29, 0.717) is 6.42 Å². The van der Waals surface area contributed by atoms with Gasteiger partial charge in [-0.15, -0.1) is 0 Å². The minimum Gasteiger partial charge on any atom is -0.550 e. The molecule has 0 amide bonds. The van der Waals surface area contributed by atoms with Crippen LogP contribution in [0.1, 0.15) is 96.8 Å². The molecule has 5 nitrogen and oxygen atoms in total. The molecule has 0 saturated carbocycles. The molecule has 0 aromatic carbocycles. The van der Waals surface area contributed by atoms with Gasteiger partial charge in [0.2, 0.25) is 0 Å². The number of unbranched alkanes of at least 4 members (excludes halogenated alkanes) is 10. The van der Waals surface area contributed by atoms with E-state index >= 15 is 0 Å². The smallest absolute Gasteiger partial charge is 0.550 e. The zero-order valence-electron chi connectivity index (χ0n) is 17.3. The van der Waals surface area contributed by atoms with Crippen molar-refractivity contribution in [3.8, 4) is 0 Å². The quantitative estimate of drug-likeness (QED) is 0.158. The Morgan fingerprint density at radius 1 is 0.889 bits per heavy atom. The van der Waals surface area contributed by atoms with Crippen LogP contribution in [0, 0.1) is 5.92 Å². The van der Waals surface area contributed by atoms with Crippen LogP contribution in [0.15, 0.2) is 12.2 Å². The first-order valence-corrected chi connectivity index (χ1v) is 11.8. The molecule has 0 fully saturated rings. The Labute approximate surface area is 188 Å². The summed E-state index contributed by atoms with van der Waals surface area (Å²) in [5.74, 6) is -2.55. The molecule has 0 spiro atoms. The topological polar surface area (TPSA) is 94.5 Å². The average molecular weight is 413 g/mol. The third kappa shape index (κ3) is 22.3. The average Bonchev–Trinajstić information content (AvgIpc) is 2.56. The monoisotopic (exact) mass is 412 g/mol. The standard InChI is InChI=1S/C20H38O5S.Na/c1-2-3-4-5-6-7-8-9-10-11-12-13-14-15-16-19(20(21)22)17-18-26(23,24)25;/h9-10,19H,2-8,11-18H2,1H3,(H,21,22)(H,23,24,25);/q;+1/p-1/b10-9-;. The van der Waals surface area contributed by atoms with Gasteiger partial charge in [0.05, 0.1) is 5.75 Å². The van der Waals surface area contributed by atoms with E-state index in [1.54, 1.807) is 0 Å². The van der Waals surface area contributed by atoms with Gasteiger partial charge in [-0.05, 0) is 44.4 Å². The number of allylic oxidation sites excluding steroid dienone is 2. The minimum absolute atomic E-state index is 0. The van der Waals surface area contributed by atoms with E-state index in [4.69, 9.17) is 4.55 Å². The van der Waals surface area contributed by atoms with Gasteiger partial charge in [-0.2, -0.15) is 8.42 Å². The summed E-state index contributed by atoms with van der Waals surface area (Å²) in [5.41, 5.74) is 0. The summed E-state index contributed by atoms with van der Waals surface area (Å²) in [7, 11) is -4.11. The number of rotatable bonds is 18. The predicted molar refractivity (Wildman–Crippen MR) is 104 cm³/mol. The van der Waals surface area contributed by atoms with Crippen LogP contribution in [0.2, 0.25) is 0 Å². The van der Waals surface area contributed by atoms with Crippen LogP contribution in [0.5, 0.6) is 0 Å². The van der Waals surface area contributed by atoms with Crippen molar-refractivity contribution in [3.05, 3.63) is 12.2 Å². The molecule has 154 valence electrons. The van der Waals surface area contributed by atoms with Crippen LogP contribution >= 0.6 is 0 Å². The first-order valence-electron chi connectivity index (χ1n) is 10.2. The van der Waals surface area contributed by atoms with Crippen molar-refractivity contribution >= 4 is 16.1 Å². The molecule has 27 heavy (non-hydrogen) atoms. The summed E-state index contributed by atoms with van der Waals surface area (Å²) in [5, 5.41) is 11.0. The second-order valence-corrected chi connectivity index (χ2v) is 8.68. The normalized spacial score (nSPS) is 12.8. The molecule has 0 bridgehead atoms. The van der Waals surface area contributed by atoms with Gasteiger partial charge in [-0.25, -0.2) is 0 Å². The van der Waals surface area contributed by atoms with Crippen molar-refractivity contribution in [2.75, 3.05) is 5.75 Å². The first kappa shape index (κ1) is 29.3. The Hall–Kier alpha value is 0.120. The van der Waals surface area contributed by atoms with E-state index in [1.807, 2.05) is 0 Å². The molecule has 7 heteroatoms. The third-order valence-electron chi connectivity index (χ3n) is 4.62. The number of carboxylic acids is 1. The van der Waals surface area contributed by atoms with Gasteiger partial charge in [0.25, 0.3) is 10.1 Å². The summed E-state index contributed by atoms with van der Waals surface area (Å²) in [6.45, 7) is 2.23. The summed E-state index contributed by atoms with van der Waals surface area (Å²) in [6.07, 6.45) is 18.8. The molecule has 0 saturated heterocycles. The molecule has 1 atom stereocenters. The van der Waals surface area contributed by atoms with Crippen LogP contribution in [0.25, 0.3) is 0 Å². The molecule has 0 radical (unpaired) electrons. The second-order valence-electron chi connectivity index (χ2n) is 7.11. The van der Waals surface area contributed by atoms with Crippen molar-refractivity contribution < 1.29 is 52.4 Å². The van der Waals surface area contributed by atoms with Crippen molar-refractivity contribution in [3.63, 3.8) is 0 Å². The van der Waals surface area contributed by atoms with Gasteiger partial charge in [0.15, 0.2) is 0 Å². The van der Waals surface area contributed by atoms with Crippen LogP contribution in [-0.2, 0) is 14.9 Å². The van der Waals surface area contributed by atoms with Gasteiger partial charge < -0.3 is 9.90 Å². The van der Waals surface area contributed by atoms with Crippen LogP contribution in [0.4, 0.5) is 0 Å². The molecule has 0 aliphatic carbocycles. The van der Waals surface area contributed by atoms with Gasteiger partial charge in [0, 0.05) is 5.97 Å². The number of hydrogen-bond acceptors (Lipinski definition) is 4. The molecule has 0 aliphatic rings. The summed E-state index contributed by atoms with van der Waals surface area (Å²) in [6, 6.07) is 0. The summed E-state index contributed by atoms with van der Waals surface area (Å²) < 4.78 is 30.1. The maximum absolute atomic E-state index is 11.0. The SMILES string of the molecule is CCCCCCCC/C=C\CCCCCCC(CCS(=O)(=O)O)C(=O)[O-].[Na+]. The third-order valence-corrected chi connectivity index (χ3v) is 5.37. The number of carboxylic acid groups (broad SMARTS) is 1. The fourth-order valence-corrected chi connectivity index (χ4v) is 3.54. The predicted octanol–water partition coefficient (Wildman–Crippen LogP) is 1.28. The number of hydrogen-bond donors (Lipinski definition) is 1. The number of carbonyl (C=O) groups excluding carboxylic acids is 1. The largest absolute Gasteiger partial charge is 1.00 e. The maximum Gasteiger partial charge on any atom is 1.00 e. The summed E-state index contributed by atoms with van der Waals surface area (Å²) in [4.78, 5) is 11.0. The molecule has 1 N–H and O–H groups in total. The fraction of sp³-hybridized carbons (Fsp3) is 0.850. The molecular formula is C20H37NaO5S.